The van der Waals surface area contributed by atoms with E-state index < -0.39 is 19.9 Å². The lowest BCUT2D eigenvalue weighted by atomic mass is 10.2. The number of nitrogens with one attached hydrogen (secondary N) is 1. The summed E-state index contributed by atoms with van der Waals surface area (Å²) >= 11 is 0. The standard InChI is InChI=1S/C11H18N2O4S2/c1-9-10(12)5-3-6-11(9)19(16,17)13-7-4-8-18(2,14)15/h3,5-6,13H,4,7-8,12H2,1-2H3. The van der Waals surface area contributed by atoms with E-state index in [0.717, 1.165) is 6.26 Å². The van der Waals surface area contributed by atoms with Gasteiger partial charge in [0.25, 0.3) is 0 Å². The third-order valence-electron chi connectivity index (χ3n) is 2.60. The van der Waals surface area contributed by atoms with Crippen molar-refractivity contribution in [1.29, 1.82) is 0 Å². The van der Waals surface area contributed by atoms with Gasteiger partial charge in [0.1, 0.15) is 9.84 Å². The van der Waals surface area contributed by atoms with E-state index in [4.69, 9.17) is 5.73 Å². The molecule has 0 bridgehead atoms. The zero-order chi connectivity index (χ0) is 14.7. The summed E-state index contributed by atoms with van der Waals surface area (Å²) in [5, 5.41) is 0. The summed E-state index contributed by atoms with van der Waals surface area (Å²) in [6.07, 6.45) is 1.35. The highest BCUT2D eigenvalue weighted by atomic mass is 32.2. The summed E-state index contributed by atoms with van der Waals surface area (Å²) in [6.45, 7) is 1.70. The van der Waals surface area contributed by atoms with Crippen molar-refractivity contribution in [2.45, 2.75) is 18.2 Å². The van der Waals surface area contributed by atoms with Crippen molar-refractivity contribution in [3.05, 3.63) is 23.8 Å². The smallest absolute Gasteiger partial charge is 0.240 e. The van der Waals surface area contributed by atoms with Gasteiger partial charge < -0.3 is 5.73 Å². The number of anilines is 1. The van der Waals surface area contributed by atoms with Crippen molar-refractivity contribution in [1.82, 2.24) is 4.72 Å². The first-order valence-corrected chi connectivity index (χ1v) is 9.20. The Balaban J connectivity index is 2.74. The van der Waals surface area contributed by atoms with E-state index in [0.29, 0.717) is 11.3 Å². The van der Waals surface area contributed by atoms with E-state index in [1.807, 2.05) is 0 Å². The molecule has 1 rings (SSSR count). The fraction of sp³-hybridized carbons (Fsp3) is 0.455. The minimum atomic E-state index is -3.66. The summed E-state index contributed by atoms with van der Waals surface area (Å²) in [5.74, 6) is -0.0502. The molecule has 0 heterocycles. The molecule has 108 valence electrons. The van der Waals surface area contributed by atoms with Gasteiger partial charge in [-0.15, -0.1) is 0 Å². The molecule has 0 aliphatic heterocycles. The maximum Gasteiger partial charge on any atom is 0.240 e. The lowest BCUT2D eigenvalue weighted by molar-refractivity contribution is 0.577. The Morgan fingerprint density at radius 2 is 1.84 bits per heavy atom. The largest absolute Gasteiger partial charge is 0.398 e. The van der Waals surface area contributed by atoms with Crippen LogP contribution >= 0.6 is 0 Å². The Hall–Kier alpha value is -1.12. The first-order valence-electron chi connectivity index (χ1n) is 5.66. The Morgan fingerprint density at radius 3 is 2.42 bits per heavy atom. The summed E-state index contributed by atoms with van der Waals surface area (Å²) in [4.78, 5) is 0.117. The maximum absolute atomic E-state index is 12.0. The van der Waals surface area contributed by atoms with Crippen molar-refractivity contribution in [3.8, 4) is 0 Å². The van der Waals surface area contributed by atoms with Crippen molar-refractivity contribution in [2.24, 2.45) is 0 Å². The van der Waals surface area contributed by atoms with Gasteiger partial charge in [-0.3, -0.25) is 0 Å². The average molecular weight is 306 g/mol. The number of rotatable bonds is 6. The highest BCUT2D eigenvalue weighted by Gasteiger charge is 2.17. The molecule has 1 aromatic carbocycles. The van der Waals surface area contributed by atoms with Gasteiger partial charge in [0.2, 0.25) is 10.0 Å². The van der Waals surface area contributed by atoms with Gasteiger partial charge in [0, 0.05) is 18.5 Å². The lowest BCUT2D eigenvalue weighted by Crippen LogP contribution is -2.27. The Kier molecular flexibility index (Phi) is 4.94. The van der Waals surface area contributed by atoms with Gasteiger partial charge in [-0.05, 0) is 31.0 Å². The number of nitrogens with two attached hydrogens (primary N) is 1. The summed E-state index contributed by atoms with van der Waals surface area (Å²) in [6, 6.07) is 4.65. The van der Waals surface area contributed by atoms with Crippen molar-refractivity contribution >= 4 is 25.5 Å². The van der Waals surface area contributed by atoms with E-state index in [2.05, 4.69) is 4.72 Å². The molecule has 6 nitrogen and oxygen atoms in total. The molecule has 8 heteroatoms. The monoisotopic (exact) mass is 306 g/mol. The number of sulfonamides is 1. The van der Waals surface area contributed by atoms with Gasteiger partial charge >= 0.3 is 0 Å². The predicted molar refractivity (Wildman–Crippen MR) is 75.1 cm³/mol. The van der Waals surface area contributed by atoms with Crippen LogP contribution in [0, 0.1) is 6.92 Å². The van der Waals surface area contributed by atoms with E-state index in [1.165, 1.54) is 6.07 Å². The van der Waals surface area contributed by atoms with E-state index in [9.17, 15) is 16.8 Å². The van der Waals surface area contributed by atoms with Crippen LogP contribution in [-0.2, 0) is 19.9 Å². The molecule has 3 N–H and O–H groups in total. The van der Waals surface area contributed by atoms with Crippen LogP contribution in [-0.4, -0.2) is 35.4 Å². The number of hydrogen-bond donors (Lipinski definition) is 2. The second kappa shape index (κ2) is 5.89. The molecule has 1 aromatic rings. The normalized spacial score (nSPS) is 12.5. The van der Waals surface area contributed by atoms with Crippen molar-refractivity contribution in [2.75, 3.05) is 24.3 Å². The highest BCUT2D eigenvalue weighted by molar-refractivity contribution is 7.90. The zero-order valence-corrected chi connectivity index (χ0v) is 12.5. The number of sulfone groups is 1. The molecule has 0 aliphatic carbocycles. The van der Waals surface area contributed by atoms with Crippen molar-refractivity contribution < 1.29 is 16.8 Å². The summed E-state index contributed by atoms with van der Waals surface area (Å²) in [7, 11) is -6.73. The second-order valence-corrected chi connectivity index (χ2v) is 8.35. The fourth-order valence-corrected chi connectivity index (χ4v) is 3.56. The molecule has 0 unspecified atom stereocenters. The molecule has 19 heavy (non-hydrogen) atoms. The molecule has 0 saturated heterocycles. The zero-order valence-electron chi connectivity index (χ0n) is 10.9. The molecule has 0 spiro atoms. The summed E-state index contributed by atoms with van der Waals surface area (Å²) in [5.41, 5.74) is 6.54. The van der Waals surface area contributed by atoms with Crippen LogP contribution in [0.5, 0.6) is 0 Å². The van der Waals surface area contributed by atoms with Crippen LogP contribution in [0.25, 0.3) is 0 Å². The predicted octanol–water partition coefficient (Wildman–Crippen LogP) is 0.290. The van der Waals surface area contributed by atoms with E-state index >= 15 is 0 Å². The third-order valence-corrected chi connectivity index (χ3v) is 5.24. The van der Waals surface area contributed by atoms with Crippen LogP contribution in [0.4, 0.5) is 5.69 Å². The highest BCUT2D eigenvalue weighted by Crippen LogP contribution is 2.19. The van der Waals surface area contributed by atoms with Gasteiger partial charge in [0.15, 0.2) is 0 Å². The van der Waals surface area contributed by atoms with Crippen molar-refractivity contribution in [3.63, 3.8) is 0 Å². The number of benzene rings is 1. The number of nitrogen functional groups attached to an aromatic ring is 1. The van der Waals surface area contributed by atoms with Crippen LogP contribution < -0.4 is 10.5 Å². The Labute approximate surface area is 114 Å². The van der Waals surface area contributed by atoms with Gasteiger partial charge in [-0.2, -0.15) is 0 Å². The topological polar surface area (TPSA) is 106 Å². The first-order chi connectivity index (χ1) is 8.63. The van der Waals surface area contributed by atoms with Gasteiger partial charge in [-0.1, -0.05) is 6.07 Å². The van der Waals surface area contributed by atoms with Gasteiger partial charge in [0.05, 0.1) is 10.6 Å². The van der Waals surface area contributed by atoms with Crippen LogP contribution in [0.2, 0.25) is 0 Å². The molecule has 0 atom stereocenters. The molecule has 0 aromatic heterocycles. The second-order valence-electron chi connectivity index (χ2n) is 4.35. The van der Waals surface area contributed by atoms with Crippen LogP contribution in [0.1, 0.15) is 12.0 Å². The minimum Gasteiger partial charge on any atom is -0.398 e. The summed E-state index contributed by atoms with van der Waals surface area (Å²) < 4.78 is 48.3. The third kappa shape index (κ3) is 4.81. The first kappa shape index (κ1) is 15.9. The van der Waals surface area contributed by atoms with Gasteiger partial charge in [-0.25, -0.2) is 21.6 Å². The fourth-order valence-electron chi connectivity index (χ4n) is 1.54. The molecule has 0 radical (unpaired) electrons. The minimum absolute atomic E-state index is 0.0502. The average Bonchev–Trinajstić information content (AvgIpc) is 2.27. The molecule has 0 aliphatic rings. The molecule has 0 saturated carbocycles. The van der Waals surface area contributed by atoms with Crippen LogP contribution in [0.15, 0.2) is 23.1 Å². The van der Waals surface area contributed by atoms with E-state index in [1.54, 1.807) is 19.1 Å². The Morgan fingerprint density at radius 1 is 1.21 bits per heavy atom. The maximum atomic E-state index is 12.0. The Bertz CT molecular complexity index is 651. The number of hydrogen-bond acceptors (Lipinski definition) is 5. The molecular formula is C11H18N2O4S2. The molecule has 0 fully saturated rings. The van der Waals surface area contributed by atoms with E-state index in [-0.39, 0.29) is 23.6 Å². The molecule has 0 amide bonds. The van der Waals surface area contributed by atoms with Crippen LogP contribution in [0.3, 0.4) is 0 Å². The SMILES string of the molecule is Cc1c(N)cccc1S(=O)(=O)NCCCS(C)(=O)=O. The molecular weight excluding hydrogens is 288 g/mol. The quantitative estimate of drug-likeness (QED) is 0.580. The lowest BCUT2D eigenvalue weighted by Gasteiger charge is -2.10.